The largest absolute Gasteiger partial charge is 0.381 e. The van der Waals surface area contributed by atoms with Crippen LogP contribution in [0.3, 0.4) is 0 Å². The van der Waals surface area contributed by atoms with Crippen molar-refractivity contribution in [1.29, 1.82) is 0 Å². The second-order valence-corrected chi connectivity index (χ2v) is 4.94. The van der Waals surface area contributed by atoms with Crippen LogP contribution in [-0.2, 0) is 9.53 Å². The molecule has 0 aliphatic carbocycles. The summed E-state index contributed by atoms with van der Waals surface area (Å²) in [6.45, 7) is 6.50. The first-order valence-electron chi connectivity index (χ1n) is 5.61. The van der Waals surface area contributed by atoms with E-state index in [1.165, 1.54) is 11.3 Å². The number of hydrogen-bond acceptors (Lipinski definition) is 5. The molecule has 0 bridgehead atoms. The van der Waals surface area contributed by atoms with Gasteiger partial charge < -0.3 is 4.74 Å². The number of aromatic nitrogens is 1. The molecule has 5 heteroatoms. The molecule has 0 N–H and O–H groups in total. The van der Waals surface area contributed by atoms with Crippen LogP contribution in [0.2, 0.25) is 0 Å². The summed E-state index contributed by atoms with van der Waals surface area (Å²) in [6.07, 6.45) is 0.256. The van der Waals surface area contributed by atoms with Crippen LogP contribution in [-0.4, -0.2) is 29.8 Å². The van der Waals surface area contributed by atoms with Crippen molar-refractivity contribution in [3.05, 3.63) is 15.6 Å². The summed E-state index contributed by atoms with van der Waals surface area (Å²) in [7, 11) is 0. The maximum absolute atomic E-state index is 11.8. The van der Waals surface area contributed by atoms with Crippen molar-refractivity contribution in [3.8, 4) is 0 Å². The van der Waals surface area contributed by atoms with E-state index in [0.717, 1.165) is 10.7 Å². The van der Waals surface area contributed by atoms with Crippen molar-refractivity contribution < 1.29 is 14.3 Å². The van der Waals surface area contributed by atoms with E-state index in [-0.39, 0.29) is 18.0 Å². The van der Waals surface area contributed by atoms with Crippen LogP contribution >= 0.6 is 11.3 Å². The van der Waals surface area contributed by atoms with E-state index in [0.29, 0.717) is 24.5 Å². The summed E-state index contributed by atoms with van der Waals surface area (Å²) in [5.41, 5.74) is 0.718. The number of hydrogen-bond donors (Lipinski definition) is 0. The minimum Gasteiger partial charge on any atom is -0.381 e. The van der Waals surface area contributed by atoms with Gasteiger partial charge in [-0.05, 0) is 20.8 Å². The number of carbonyl (C=O) groups excluding carboxylic acids is 2. The van der Waals surface area contributed by atoms with E-state index >= 15 is 0 Å². The smallest absolute Gasteiger partial charge is 0.182 e. The van der Waals surface area contributed by atoms with Gasteiger partial charge in [0.25, 0.3) is 0 Å². The molecule has 1 aromatic rings. The van der Waals surface area contributed by atoms with Crippen LogP contribution in [0.4, 0.5) is 0 Å². The molecule has 0 amide bonds. The van der Waals surface area contributed by atoms with E-state index < -0.39 is 0 Å². The van der Waals surface area contributed by atoms with Gasteiger partial charge in [0, 0.05) is 13.0 Å². The number of ether oxygens (including phenoxy) is 1. The van der Waals surface area contributed by atoms with Gasteiger partial charge in [-0.3, -0.25) is 9.59 Å². The number of aryl methyl sites for hydroxylation is 2. The third-order valence-electron chi connectivity index (χ3n) is 2.24. The van der Waals surface area contributed by atoms with Crippen LogP contribution < -0.4 is 0 Å². The van der Waals surface area contributed by atoms with E-state index in [1.807, 2.05) is 13.8 Å². The monoisotopic (exact) mass is 255 g/mol. The molecule has 0 radical (unpaired) electrons. The van der Waals surface area contributed by atoms with E-state index in [4.69, 9.17) is 4.74 Å². The lowest BCUT2D eigenvalue weighted by molar-refractivity contribution is -0.119. The van der Waals surface area contributed by atoms with Gasteiger partial charge in [-0.15, -0.1) is 11.3 Å². The molecule has 0 aliphatic rings. The van der Waals surface area contributed by atoms with Crippen LogP contribution in [0, 0.1) is 13.8 Å². The van der Waals surface area contributed by atoms with Crippen LogP contribution in [0.25, 0.3) is 0 Å². The molecule has 0 aliphatic heterocycles. The van der Waals surface area contributed by atoms with Crippen LogP contribution in [0.5, 0.6) is 0 Å². The Morgan fingerprint density at radius 3 is 2.59 bits per heavy atom. The number of nitrogens with zero attached hydrogens (tertiary/aromatic N) is 1. The predicted molar refractivity (Wildman–Crippen MR) is 66.7 cm³/mol. The van der Waals surface area contributed by atoms with Crippen LogP contribution in [0.15, 0.2) is 0 Å². The summed E-state index contributed by atoms with van der Waals surface area (Å²) < 4.78 is 5.08. The molecule has 0 fully saturated rings. The number of carbonyl (C=O) groups is 2. The predicted octanol–water partition coefficient (Wildman–Crippen LogP) is 2.33. The molecule has 0 saturated heterocycles. The zero-order valence-electron chi connectivity index (χ0n) is 10.4. The molecule has 4 nitrogen and oxygen atoms in total. The van der Waals surface area contributed by atoms with E-state index in [2.05, 4.69) is 4.98 Å². The van der Waals surface area contributed by atoms with Gasteiger partial charge in [0.2, 0.25) is 0 Å². The molecular formula is C12H17NO3S. The lowest BCUT2D eigenvalue weighted by Crippen LogP contribution is -2.10. The number of thiazole rings is 1. The summed E-state index contributed by atoms with van der Waals surface area (Å²) in [6, 6.07) is 0. The molecule has 0 spiro atoms. The Kier molecular flexibility index (Phi) is 5.44. The third kappa shape index (κ3) is 4.36. The fourth-order valence-corrected chi connectivity index (χ4v) is 2.33. The number of rotatable bonds is 7. The molecule has 1 rings (SSSR count). The molecule has 94 valence electrons. The Hall–Kier alpha value is -1.07. The first kappa shape index (κ1) is 14.0. The first-order chi connectivity index (χ1) is 8.04. The highest BCUT2D eigenvalue weighted by Crippen LogP contribution is 2.19. The van der Waals surface area contributed by atoms with Gasteiger partial charge in [-0.1, -0.05) is 0 Å². The van der Waals surface area contributed by atoms with Crippen molar-refractivity contribution in [2.75, 3.05) is 13.2 Å². The maximum atomic E-state index is 11.8. The second kappa shape index (κ2) is 6.61. The lowest BCUT2D eigenvalue weighted by atomic mass is 10.1. The van der Waals surface area contributed by atoms with Gasteiger partial charge >= 0.3 is 0 Å². The lowest BCUT2D eigenvalue weighted by Gasteiger charge is -2.00. The van der Waals surface area contributed by atoms with Gasteiger partial charge in [0.15, 0.2) is 5.78 Å². The molecule has 17 heavy (non-hydrogen) atoms. The van der Waals surface area contributed by atoms with E-state index in [9.17, 15) is 9.59 Å². The average Bonchev–Trinajstić information content (AvgIpc) is 2.58. The Balaban J connectivity index is 2.49. The summed E-state index contributed by atoms with van der Waals surface area (Å²) in [5, 5.41) is 0.854. The quantitative estimate of drug-likeness (QED) is 0.426. The third-order valence-corrected chi connectivity index (χ3v) is 3.36. The molecule has 1 aromatic heterocycles. The Labute approximate surface area is 105 Å². The average molecular weight is 255 g/mol. The van der Waals surface area contributed by atoms with Crippen molar-refractivity contribution in [2.45, 2.75) is 33.6 Å². The van der Waals surface area contributed by atoms with Gasteiger partial charge in [0.1, 0.15) is 5.78 Å². The highest BCUT2D eigenvalue weighted by Gasteiger charge is 2.16. The zero-order valence-corrected chi connectivity index (χ0v) is 11.2. The topological polar surface area (TPSA) is 56.3 Å². The van der Waals surface area contributed by atoms with E-state index in [1.54, 1.807) is 6.92 Å². The molecule has 0 atom stereocenters. The number of ketones is 2. The molecule has 0 unspecified atom stereocenters. The second-order valence-electron chi connectivity index (χ2n) is 3.73. The van der Waals surface area contributed by atoms with Gasteiger partial charge in [-0.2, -0.15) is 0 Å². The van der Waals surface area contributed by atoms with Gasteiger partial charge in [-0.25, -0.2) is 4.98 Å². The normalized spacial score (nSPS) is 10.5. The maximum Gasteiger partial charge on any atom is 0.182 e. The molecular weight excluding hydrogens is 238 g/mol. The zero-order chi connectivity index (χ0) is 12.8. The molecule has 0 saturated carbocycles. The highest BCUT2D eigenvalue weighted by molar-refractivity contribution is 7.13. The molecule has 1 heterocycles. The minimum absolute atomic E-state index is 0.0461. The standard InChI is InChI=1S/C12H17NO3S/c1-4-16-6-5-10(14)7-11(15)12-8(2)13-9(3)17-12/h4-7H2,1-3H3. The summed E-state index contributed by atoms with van der Waals surface area (Å²) >= 11 is 1.35. The fourth-order valence-electron chi connectivity index (χ4n) is 1.47. The minimum atomic E-state index is -0.130. The van der Waals surface area contributed by atoms with Crippen molar-refractivity contribution in [1.82, 2.24) is 4.98 Å². The van der Waals surface area contributed by atoms with Gasteiger partial charge in [0.05, 0.1) is 28.6 Å². The van der Waals surface area contributed by atoms with Crippen molar-refractivity contribution >= 4 is 22.9 Å². The van der Waals surface area contributed by atoms with Crippen molar-refractivity contribution in [2.24, 2.45) is 0 Å². The Bertz CT molecular complexity index is 412. The summed E-state index contributed by atoms with van der Waals surface area (Å²) in [4.78, 5) is 28.1. The van der Waals surface area contributed by atoms with Crippen molar-refractivity contribution in [3.63, 3.8) is 0 Å². The number of Topliss-reactive ketones (excluding diaryl/α,β-unsaturated/α-hetero) is 2. The highest BCUT2D eigenvalue weighted by atomic mass is 32.1. The SMILES string of the molecule is CCOCCC(=O)CC(=O)c1sc(C)nc1C. The first-order valence-corrected chi connectivity index (χ1v) is 6.43. The fraction of sp³-hybridized carbons (Fsp3) is 0.583. The Morgan fingerprint density at radius 1 is 1.35 bits per heavy atom. The van der Waals surface area contributed by atoms with Crippen LogP contribution in [0.1, 0.15) is 40.1 Å². The molecule has 0 aromatic carbocycles. The Morgan fingerprint density at radius 2 is 2.06 bits per heavy atom. The summed E-state index contributed by atoms with van der Waals surface area (Å²) in [5.74, 6) is -0.205.